The highest BCUT2D eigenvalue weighted by atomic mass is 32.1. The Morgan fingerprint density at radius 3 is 2.69 bits per heavy atom. The van der Waals surface area contributed by atoms with Crippen LogP contribution in [-0.4, -0.2) is 30.1 Å². The van der Waals surface area contributed by atoms with Gasteiger partial charge in [0, 0.05) is 11.4 Å². The first-order valence-corrected chi connectivity index (χ1v) is 10.4. The molecule has 9 heteroatoms. The maximum atomic E-state index is 12.6. The number of carbonyl (C=O) groups excluding carboxylic acids is 1. The van der Waals surface area contributed by atoms with Crippen molar-refractivity contribution in [1.82, 2.24) is 9.97 Å². The van der Waals surface area contributed by atoms with E-state index in [-0.39, 0.29) is 5.91 Å². The molecule has 2 N–H and O–H groups in total. The largest absolute Gasteiger partial charge is 0.497 e. The van der Waals surface area contributed by atoms with Crippen molar-refractivity contribution < 1.29 is 14.3 Å². The number of hydrogen-bond acceptors (Lipinski definition) is 8. The van der Waals surface area contributed by atoms with Gasteiger partial charge in [-0.3, -0.25) is 10.1 Å². The molecule has 2 aromatic carbocycles. The number of fused-ring (bicyclic) bond motifs is 1. The number of nitrogens with one attached hydrogen (secondary N) is 2. The molecule has 2 aromatic heterocycles. The average Bonchev–Trinajstić information content (AvgIpc) is 3.34. The van der Waals surface area contributed by atoms with E-state index in [0.29, 0.717) is 27.5 Å². The number of carbonyl (C=O) groups is 1. The lowest BCUT2D eigenvalue weighted by atomic mass is 10.2. The molecule has 0 atom stereocenters. The lowest BCUT2D eigenvalue weighted by Crippen LogP contribution is -2.12. The lowest BCUT2D eigenvalue weighted by Gasteiger charge is -2.10. The highest BCUT2D eigenvalue weighted by molar-refractivity contribution is 7.22. The number of aryl methyl sites for hydroxylation is 1. The summed E-state index contributed by atoms with van der Waals surface area (Å²) in [7, 11) is 3.18. The second-order valence-electron chi connectivity index (χ2n) is 6.17. The molecule has 148 valence electrons. The highest BCUT2D eigenvalue weighted by Crippen LogP contribution is 2.33. The third-order valence-electron chi connectivity index (χ3n) is 4.15. The number of ether oxygens (including phenoxy) is 2. The molecule has 0 radical (unpaired) electrons. The minimum atomic E-state index is -0.299. The number of aromatic nitrogens is 2. The van der Waals surface area contributed by atoms with Crippen molar-refractivity contribution in [3.05, 3.63) is 53.0 Å². The van der Waals surface area contributed by atoms with Crippen LogP contribution >= 0.6 is 22.7 Å². The van der Waals surface area contributed by atoms with Crippen molar-refractivity contribution >= 4 is 54.7 Å². The predicted octanol–water partition coefficient (Wildman–Crippen LogP) is 5.07. The van der Waals surface area contributed by atoms with Crippen LogP contribution in [0.2, 0.25) is 0 Å². The zero-order chi connectivity index (χ0) is 20.4. The summed E-state index contributed by atoms with van der Waals surface area (Å²) in [6.45, 7) is 2.03. The van der Waals surface area contributed by atoms with Crippen LogP contribution in [0.25, 0.3) is 10.2 Å². The first kappa shape index (κ1) is 19.2. The van der Waals surface area contributed by atoms with Crippen LogP contribution in [0.5, 0.6) is 11.5 Å². The molecule has 29 heavy (non-hydrogen) atoms. The van der Waals surface area contributed by atoms with Gasteiger partial charge in [-0.05, 0) is 36.8 Å². The molecule has 7 nitrogen and oxygen atoms in total. The van der Waals surface area contributed by atoms with Gasteiger partial charge in [0.15, 0.2) is 10.3 Å². The van der Waals surface area contributed by atoms with Crippen LogP contribution in [0.4, 0.5) is 16.0 Å². The molecule has 0 saturated heterocycles. The fraction of sp³-hybridized carbons (Fsp3) is 0.150. The fourth-order valence-corrected chi connectivity index (χ4v) is 4.36. The number of hydrogen-bond donors (Lipinski definition) is 2. The molecule has 4 aromatic rings. The molecule has 2 heterocycles. The first-order chi connectivity index (χ1) is 14.1. The summed E-state index contributed by atoms with van der Waals surface area (Å²) in [6, 6.07) is 11.4. The monoisotopic (exact) mass is 426 g/mol. The topological polar surface area (TPSA) is 85.4 Å². The summed E-state index contributed by atoms with van der Waals surface area (Å²) in [5, 5.41) is 8.83. The van der Waals surface area contributed by atoms with Crippen molar-refractivity contribution in [2.45, 2.75) is 6.92 Å². The van der Waals surface area contributed by atoms with Crippen LogP contribution < -0.4 is 20.1 Å². The van der Waals surface area contributed by atoms with Crippen molar-refractivity contribution in [1.29, 1.82) is 0 Å². The van der Waals surface area contributed by atoms with Gasteiger partial charge in [0.25, 0.3) is 5.91 Å². The van der Waals surface area contributed by atoms with Gasteiger partial charge in [0.2, 0.25) is 0 Å². The fourth-order valence-electron chi connectivity index (χ4n) is 2.70. The van der Waals surface area contributed by atoms with Gasteiger partial charge in [0.1, 0.15) is 17.2 Å². The normalized spacial score (nSPS) is 10.7. The minimum Gasteiger partial charge on any atom is -0.497 e. The number of anilines is 3. The van der Waals surface area contributed by atoms with Crippen LogP contribution in [0.15, 0.2) is 41.8 Å². The molecule has 0 saturated carbocycles. The molecule has 0 aliphatic rings. The van der Waals surface area contributed by atoms with Crippen LogP contribution in [0, 0.1) is 6.92 Å². The third-order valence-corrected chi connectivity index (χ3v) is 5.84. The molecule has 0 bridgehead atoms. The smallest absolute Gasteiger partial charge is 0.276 e. The van der Waals surface area contributed by atoms with E-state index >= 15 is 0 Å². The van der Waals surface area contributed by atoms with Gasteiger partial charge in [-0.1, -0.05) is 17.4 Å². The lowest BCUT2D eigenvalue weighted by molar-refractivity contribution is 0.102. The van der Waals surface area contributed by atoms with E-state index in [1.165, 1.54) is 22.7 Å². The van der Waals surface area contributed by atoms with Crippen molar-refractivity contribution in [3.8, 4) is 11.5 Å². The number of benzene rings is 2. The molecular formula is C20H18N4O3S2. The Morgan fingerprint density at radius 2 is 1.90 bits per heavy atom. The molecular weight excluding hydrogens is 408 g/mol. The van der Waals surface area contributed by atoms with Crippen LogP contribution in [0.3, 0.4) is 0 Å². The Kier molecular flexibility index (Phi) is 5.32. The van der Waals surface area contributed by atoms with E-state index < -0.39 is 0 Å². The summed E-state index contributed by atoms with van der Waals surface area (Å²) in [5.41, 5.74) is 3.07. The Labute approximate surface area is 175 Å². The number of thiazole rings is 2. The molecule has 0 fully saturated rings. The van der Waals surface area contributed by atoms with E-state index in [9.17, 15) is 4.79 Å². The van der Waals surface area contributed by atoms with E-state index in [1.54, 1.807) is 25.7 Å². The second kappa shape index (κ2) is 8.06. The van der Waals surface area contributed by atoms with Gasteiger partial charge in [0.05, 0.1) is 30.1 Å². The minimum absolute atomic E-state index is 0.299. The van der Waals surface area contributed by atoms with E-state index in [0.717, 1.165) is 21.5 Å². The Bertz CT molecular complexity index is 1190. The summed E-state index contributed by atoms with van der Waals surface area (Å²) in [4.78, 5) is 21.4. The maximum Gasteiger partial charge on any atom is 0.276 e. The zero-order valence-corrected chi connectivity index (χ0v) is 17.6. The number of nitrogens with zero attached hydrogens (tertiary/aromatic N) is 2. The molecule has 4 rings (SSSR count). The van der Waals surface area contributed by atoms with Crippen molar-refractivity contribution in [2.24, 2.45) is 0 Å². The van der Waals surface area contributed by atoms with Gasteiger partial charge < -0.3 is 14.8 Å². The highest BCUT2D eigenvalue weighted by Gasteiger charge is 2.15. The first-order valence-electron chi connectivity index (χ1n) is 8.69. The van der Waals surface area contributed by atoms with E-state index in [2.05, 4.69) is 26.7 Å². The van der Waals surface area contributed by atoms with Gasteiger partial charge in [-0.25, -0.2) is 9.97 Å². The van der Waals surface area contributed by atoms with Gasteiger partial charge in [-0.2, -0.15) is 0 Å². The standard InChI is InChI=1S/C20H18N4O3S2/c1-11-4-6-14-17(8-11)29-20(22-14)24-18(25)15-10-28-19(23-15)21-13-7-5-12(26-2)9-16(13)27-3/h4-10H,1-3H3,(H,21,23)(H,22,24,25). The molecule has 0 aliphatic carbocycles. The number of methoxy groups -OCH3 is 2. The average molecular weight is 427 g/mol. The van der Waals surface area contributed by atoms with Crippen LogP contribution in [-0.2, 0) is 0 Å². The van der Waals surface area contributed by atoms with E-state index in [1.807, 2.05) is 31.2 Å². The third kappa shape index (κ3) is 4.15. The molecule has 0 unspecified atom stereocenters. The summed E-state index contributed by atoms with van der Waals surface area (Å²) < 4.78 is 11.6. The summed E-state index contributed by atoms with van der Waals surface area (Å²) in [5.74, 6) is 1.01. The van der Waals surface area contributed by atoms with Gasteiger partial charge in [-0.15, -0.1) is 11.3 Å². The Hall–Kier alpha value is -3.17. The van der Waals surface area contributed by atoms with Gasteiger partial charge >= 0.3 is 0 Å². The zero-order valence-electron chi connectivity index (χ0n) is 16.0. The Balaban J connectivity index is 1.48. The second-order valence-corrected chi connectivity index (χ2v) is 8.06. The molecule has 0 aliphatic heterocycles. The quantitative estimate of drug-likeness (QED) is 0.447. The SMILES string of the molecule is COc1ccc(Nc2nc(C(=O)Nc3nc4ccc(C)cc4s3)cs2)c(OC)c1. The van der Waals surface area contributed by atoms with Crippen molar-refractivity contribution in [2.75, 3.05) is 24.9 Å². The van der Waals surface area contributed by atoms with Crippen molar-refractivity contribution in [3.63, 3.8) is 0 Å². The number of rotatable bonds is 6. The van der Waals surface area contributed by atoms with E-state index in [4.69, 9.17) is 9.47 Å². The molecule has 0 spiro atoms. The van der Waals surface area contributed by atoms with Crippen LogP contribution in [0.1, 0.15) is 16.1 Å². The number of amides is 1. The maximum absolute atomic E-state index is 12.6. The summed E-state index contributed by atoms with van der Waals surface area (Å²) >= 11 is 2.77. The Morgan fingerprint density at radius 1 is 1.03 bits per heavy atom. The summed E-state index contributed by atoms with van der Waals surface area (Å²) in [6.07, 6.45) is 0. The predicted molar refractivity (Wildman–Crippen MR) is 117 cm³/mol. The molecule has 1 amide bonds.